The van der Waals surface area contributed by atoms with Crippen LogP contribution in [0.5, 0.6) is 0 Å². The highest BCUT2D eigenvalue weighted by Gasteiger charge is 2.23. The van der Waals surface area contributed by atoms with E-state index in [4.69, 9.17) is 5.11 Å². The second-order valence-electron chi connectivity index (χ2n) is 5.56. The SMILES string of the molecule is COC(=O)[C@H](CO)NC(=O)c1ccc(S(=O)(=O)N(C)c2ccccc2)cc1. The standard InChI is InChI=1S/C18H20N2O6S/c1-20(14-6-4-3-5-7-14)27(24,25)15-10-8-13(9-11-15)17(22)19-16(12-21)18(23)26-2/h3-11,16,21H,12H2,1-2H3,(H,19,22)/t16-/m0/s1. The van der Waals surface area contributed by atoms with Crippen molar-refractivity contribution in [3.05, 3.63) is 60.2 Å². The third-order valence-corrected chi connectivity index (χ3v) is 5.67. The largest absolute Gasteiger partial charge is 0.467 e. The summed E-state index contributed by atoms with van der Waals surface area (Å²) >= 11 is 0. The molecule has 0 aliphatic rings. The van der Waals surface area contributed by atoms with Gasteiger partial charge in [0.1, 0.15) is 0 Å². The normalized spacial score (nSPS) is 12.1. The zero-order valence-corrected chi connectivity index (χ0v) is 15.6. The number of para-hydroxylation sites is 1. The summed E-state index contributed by atoms with van der Waals surface area (Å²) in [5.74, 6) is -1.42. The number of benzene rings is 2. The van der Waals surface area contributed by atoms with Gasteiger partial charge in [0.05, 0.1) is 24.3 Å². The number of ether oxygens (including phenoxy) is 1. The molecule has 2 aromatic carbocycles. The maximum atomic E-state index is 12.7. The smallest absolute Gasteiger partial charge is 0.330 e. The topological polar surface area (TPSA) is 113 Å². The van der Waals surface area contributed by atoms with Gasteiger partial charge in [-0.25, -0.2) is 13.2 Å². The van der Waals surface area contributed by atoms with E-state index < -0.39 is 34.5 Å². The Bertz CT molecular complexity index is 897. The molecule has 0 saturated heterocycles. The van der Waals surface area contributed by atoms with Crippen molar-refractivity contribution in [3.63, 3.8) is 0 Å². The Morgan fingerprint density at radius 1 is 1.11 bits per heavy atom. The molecule has 1 atom stereocenters. The second-order valence-corrected chi connectivity index (χ2v) is 7.53. The molecule has 2 rings (SSSR count). The van der Waals surface area contributed by atoms with E-state index >= 15 is 0 Å². The first-order valence-electron chi connectivity index (χ1n) is 7.95. The van der Waals surface area contributed by atoms with Crippen LogP contribution < -0.4 is 9.62 Å². The summed E-state index contributed by atoms with van der Waals surface area (Å²) in [4.78, 5) is 23.6. The molecule has 27 heavy (non-hydrogen) atoms. The molecule has 0 saturated carbocycles. The average Bonchev–Trinajstić information content (AvgIpc) is 2.71. The molecule has 0 aromatic heterocycles. The van der Waals surface area contributed by atoms with Gasteiger partial charge in [-0.2, -0.15) is 0 Å². The van der Waals surface area contributed by atoms with Crippen LogP contribution in [-0.2, 0) is 19.6 Å². The number of amides is 1. The lowest BCUT2D eigenvalue weighted by Crippen LogP contribution is -2.44. The van der Waals surface area contributed by atoms with E-state index in [0.29, 0.717) is 5.69 Å². The first-order valence-corrected chi connectivity index (χ1v) is 9.39. The molecule has 0 aliphatic carbocycles. The minimum atomic E-state index is -3.79. The monoisotopic (exact) mass is 392 g/mol. The van der Waals surface area contributed by atoms with Crippen LogP contribution in [0.1, 0.15) is 10.4 Å². The molecular formula is C18H20N2O6S. The fraction of sp³-hybridized carbons (Fsp3) is 0.222. The Hall–Kier alpha value is -2.91. The van der Waals surface area contributed by atoms with Gasteiger partial charge in [-0.3, -0.25) is 9.10 Å². The van der Waals surface area contributed by atoms with E-state index in [2.05, 4.69) is 10.1 Å². The van der Waals surface area contributed by atoms with Gasteiger partial charge in [0.25, 0.3) is 15.9 Å². The first kappa shape index (κ1) is 20.4. The minimum absolute atomic E-state index is 0.0112. The third-order valence-electron chi connectivity index (χ3n) is 3.87. The summed E-state index contributed by atoms with van der Waals surface area (Å²) < 4.78 is 31.0. The summed E-state index contributed by atoms with van der Waals surface area (Å²) in [6.45, 7) is -0.618. The fourth-order valence-corrected chi connectivity index (χ4v) is 3.47. The van der Waals surface area contributed by atoms with Crippen LogP contribution in [0.15, 0.2) is 59.5 Å². The maximum absolute atomic E-state index is 12.7. The quantitative estimate of drug-likeness (QED) is 0.673. The number of carbonyl (C=O) groups is 2. The number of nitrogens with zero attached hydrogens (tertiary/aromatic N) is 1. The van der Waals surface area contributed by atoms with Crippen LogP contribution in [-0.4, -0.2) is 52.2 Å². The van der Waals surface area contributed by atoms with Crippen LogP contribution in [0, 0.1) is 0 Å². The van der Waals surface area contributed by atoms with Crippen molar-refractivity contribution in [2.75, 3.05) is 25.1 Å². The highest BCUT2D eigenvalue weighted by Crippen LogP contribution is 2.21. The van der Waals surface area contributed by atoms with Gasteiger partial charge >= 0.3 is 5.97 Å². The predicted molar refractivity (Wildman–Crippen MR) is 98.8 cm³/mol. The molecule has 1 amide bonds. The molecule has 0 aliphatic heterocycles. The lowest BCUT2D eigenvalue weighted by Gasteiger charge is -2.19. The van der Waals surface area contributed by atoms with Crippen molar-refractivity contribution in [2.45, 2.75) is 10.9 Å². The number of hydrogen-bond donors (Lipinski definition) is 2. The first-order chi connectivity index (χ1) is 12.8. The molecule has 0 bridgehead atoms. The van der Waals surface area contributed by atoms with Crippen LogP contribution in [0.2, 0.25) is 0 Å². The van der Waals surface area contributed by atoms with Gasteiger partial charge in [-0.1, -0.05) is 18.2 Å². The Kier molecular flexibility index (Phi) is 6.54. The molecule has 0 heterocycles. The summed E-state index contributed by atoms with van der Waals surface area (Å²) in [5, 5.41) is 11.5. The Morgan fingerprint density at radius 2 is 1.70 bits per heavy atom. The molecule has 0 spiro atoms. The Morgan fingerprint density at radius 3 is 2.22 bits per heavy atom. The van der Waals surface area contributed by atoms with Crippen molar-refractivity contribution in [1.82, 2.24) is 5.32 Å². The summed E-state index contributed by atoms with van der Waals surface area (Å²) in [7, 11) is -1.22. The number of aliphatic hydroxyl groups is 1. The van der Waals surface area contributed by atoms with Crippen molar-refractivity contribution in [3.8, 4) is 0 Å². The number of methoxy groups -OCH3 is 1. The molecule has 9 heteroatoms. The number of sulfonamides is 1. The van der Waals surface area contributed by atoms with Gasteiger partial charge < -0.3 is 15.2 Å². The molecule has 2 aromatic rings. The number of esters is 1. The number of aliphatic hydroxyl groups excluding tert-OH is 1. The van der Waals surface area contributed by atoms with E-state index in [9.17, 15) is 18.0 Å². The van der Waals surface area contributed by atoms with E-state index in [0.717, 1.165) is 11.4 Å². The lowest BCUT2D eigenvalue weighted by atomic mass is 10.2. The van der Waals surface area contributed by atoms with Crippen LogP contribution >= 0.6 is 0 Å². The van der Waals surface area contributed by atoms with Crippen molar-refractivity contribution in [2.24, 2.45) is 0 Å². The molecule has 144 valence electrons. The number of rotatable bonds is 7. The summed E-state index contributed by atoms with van der Waals surface area (Å²) in [5.41, 5.74) is 0.641. The average molecular weight is 392 g/mol. The van der Waals surface area contributed by atoms with E-state index in [1.807, 2.05) is 0 Å². The van der Waals surface area contributed by atoms with Crippen LogP contribution in [0.4, 0.5) is 5.69 Å². The van der Waals surface area contributed by atoms with Crippen molar-refractivity contribution < 1.29 is 27.9 Å². The molecule has 2 N–H and O–H groups in total. The van der Waals surface area contributed by atoms with Crippen molar-refractivity contribution >= 4 is 27.6 Å². The van der Waals surface area contributed by atoms with Gasteiger partial charge in [0, 0.05) is 12.6 Å². The zero-order valence-electron chi connectivity index (χ0n) is 14.8. The van der Waals surface area contributed by atoms with Gasteiger partial charge in [0.15, 0.2) is 6.04 Å². The highest BCUT2D eigenvalue weighted by molar-refractivity contribution is 7.92. The van der Waals surface area contributed by atoms with Crippen LogP contribution in [0.3, 0.4) is 0 Å². The molecule has 8 nitrogen and oxygen atoms in total. The second kappa shape index (κ2) is 8.65. The van der Waals surface area contributed by atoms with Crippen molar-refractivity contribution in [1.29, 1.82) is 0 Å². The Labute approximate surface area is 157 Å². The number of nitrogens with one attached hydrogen (secondary N) is 1. The molecular weight excluding hydrogens is 372 g/mol. The fourth-order valence-electron chi connectivity index (χ4n) is 2.28. The Balaban J connectivity index is 2.19. The van der Waals surface area contributed by atoms with Gasteiger partial charge in [-0.05, 0) is 36.4 Å². The van der Waals surface area contributed by atoms with E-state index in [1.165, 1.54) is 31.3 Å². The zero-order chi connectivity index (χ0) is 20.0. The highest BCUT2D eigenvalue weighted by atomic mass is 32.2. The minimum Gasteiger partial charge on any atom is -0.467 e. The van der Waals surface area contributed by atoms with Crippen LogP contribution in [0.25, 0.3) is 0 Å². The number of carbonyl (C=O) groups excluding carboxylic acids is 2. The van der Waals surface area contributed by atoms with Gasteiger partial charge in [-0.15, -0.1) is 0 Å². The molecule has 0 unspecified atom stereocenters. The predicted octanol–water partition coefficient (Wildman–Crippen LogP) is 0.775. The third kappa shape index (κ3) is 4.63. The van der Waals surface area contributed by atoms with E-state index in [1.54, 1.807) is 30.3 Å². The number of anilines is 1. The molecule has 0 fully saturated rings. The number of hydrogen-bond acceptors (Lipinski definition) is 6. The molecule has 0 radical (unpaired) electrons. The maximum Gasteiger partial charge on any atom is 0.330 e. The lowest BCUT2D eigenvalue weighted by molar-refractivity contribution is -0.143. The summed E-state index contributed by atoms with van der Waals surface area (Å²) in [6.07, 6.45) is 0. The van der Waals surface area contributed by atoms with Gasteiger partial charge in [0.2, 0.25) is 0 Å². The summed E-state index contributed by atoms with van der Waals surface area (Å²) in [6, 6.07) is 12.6. The van der Waals surface area contributed by atoms with E-state index in [-0.39, 0.29) is 10.5 Å².